The molecule has 0 heterocycles. The van der Waals surface area contributed by atoms with Crippen molar-refractivity contribution in [3.05, 3.63) is 0 Å². The summed E-state index contributed by atoms with van der Waals surface area (Å²) in [6, 6.07) is 0. The van der Waals surface area contributed by atoms with Gasteiger partial charge < -0.3 is 5.11 Å². The monoisotopic (exact) mass is 128 g/mol. The van der Waals surface area contributed by atoms with Crippen LogP contribution in [-0.4, -0.2) is 11.2 Å². The molecule has 0 aromatic rings. The van der Waals surface area contributed by atoms with Crippen LogP contribution in [0.5, 0.6) is 0 Å². The van der Waals surface area contributed by atoms with Crippen molar-refractivity contribution in [1.82, 2.24) is 0 Å². The van der Waals surface area contributed by atoms with E-state index in [1.165, 1.54) is 19.3 Å². The molecule has 0 unspecified atom stereocenters. The Kier molecular flexibility index (Phi) is 1.80. The summed E-state index contributed by atoms with van der Waals surface area (Å²) in [6.45, 7) is 4.09. The van der Waals surface area contributed by atoms with Gasteiger partial charge in [-0.2, -0.15) is 0 Å². The van der Waals surface area contributed by atoms with E-state index in [0.717, 1.165) is 6.42 Å². The minimum atomic E-state index is -0.0868. The average Bonchev–Trinajstić information content (AvgIpc) is 1.62. The molecule has 0 radical (unpaired) electrons. The van der Waals surface area contributed by atoms with E-state index >= 15 is 0 Å². The molecule has 1 fully saturated rings. The molecular weight excluding hydrogens is 112 g/mol. The molecule has 1 saturated carbocycles. The summed E-state index contributed by atoms with van der Waals surface area (Å²) >= 11 is 0. The predicted octanol–water partition coefficient (Wildman–Crippen LogP) is 1.95. The second-order valence-corrected chi connectivity index (χ2v) is 3.25. The van der Waals surface area contributed by atoms with E-state index < -0.39 is 0 Å². The number of hydrogen-bond donors (Lipinski definition) is 1. The van der Waals surface area contributed by atoms with Gasteiger partial charge in [0, 0.05) is 0 Å². The molecule has 1 N–H and O–H groups in total. The van der Waals surface area contributed by atoms with Gasteiger partial charge in [-0.25, -0.2) is 0 Å². The second kappa shape index (κ2) is 2.30. The lowest BCUT2D eigenvalue weighted by Crippen LogP contribution is -2.38. The maximum absolute atomic E-state index is 9.32. The van der Waals surface area contributed by atoms with Crippen molar-refractivity contribution in [2.45, 2.75) is 45.6 Å². The van der Waals surface area contributed by atoms with Gasteiger partial charge in [0.2, 0.25) is 0 Å². The Labute approximate surface area is 57.1 Å². The molecule has 1 atom stereocenters. The van der Waals surface area contributed by atoms with E-state index in [4.69, 9.17) is 0 Å². The summed E-state index contributed by atoms with van der Waals surface area (Å²) in [5.41, 5.74) is 0.319. The summed E-state index contributed by atoms with van der Waals surface area (Å²) in [5.74, 6) is 0. The minimum absolute atomic E-state index is 0.0868. The van der Waals surface area contributed by atoms with E-state index in [1.807, 2.05) is 6.92 Å². The van der Waals surface area contributed by atoms with Crippen molar-refractivity contribution in [3.8, 4) is 0 Å². The zero-order chi connectivity index (χ0) is 6.91. The number of hydrogen-bond acceptors (Lipinski definition) is 1. The third-order valence-electron chi connectivity index (χ3n) is 2.94. The van der Waals surface area contributed by atoms with Gasteiger partial charge in [-0.1, -0.05) is 13.3 Å². The quantitative estimate of drug-likeness (QED) is 0.602. The number of aliphatic hydroxyl groups excluding tert-OH is 1. The zero-order valence-electron chi connectivity index (χ0n) is 6.35. The molecule has 0 aromatic carbocycles. The summed E-state index contributed by atoms with van der Waals surface area (Å²) in [6.07, 6.45) is 4.85. The Balaban J connectivity index is 2.46. The molecule has 1 rings (SSSR count). The van der Waals surface area contributed by atoms with Crippen LogP contribution in [-0.2, 0) is 0 Å². The third kappa shape index (κ3) is 0.983. The van der Waals surface area contributed by atoms with Crippen LogP contribution in [0.3, 0.4) is 0 Å². The van der Waals surface area contributed by atoms with Crippen LogP contribution in [0.15, 0.2) is 0 Å². The van der Waals surface area contributed by atoms with Gasteiger partial charge >= 0.3 is 0 Å². The van der Waals surface area contributed by atoms with Crippen LogP contribution < -0.4 is 0 Å². The summed E-state index contributed by atoms with van der Waals surface area (Å²) in [7, 11) is 0. The van der Waals surface area contributed by atoms with Crippen molar-refractivity contribution >= 4 is 0 Å². The third-order valence-corrected chi connectivity index (χ3v) is 2.94. The largest absolute Gasteiger partial charge is 0.393 e. The highest BCUT2D eigenvalue weighted by Gasteiger charge is 2.39. The Hall–Kier alpha value is -0.0400. The van der Waals surface area contributed by atoms with E-state index in [1.54, 1.807) is 0 Å². The lowest BCUT2D eigenvalue weighted by Gasteiger charge is -2.43. The molecule has 9 heavy (non-hydrogen) atoms. The van der Waals surface area contributed by atoms with E-state index in [9.17, 15) is 5.11 Å². The normalized spacial score (nSPS) is 27.0. The Morgan fingerprint density at radius 2 is 2.11 bits per heavy atom. The highest BCUT2D eigenvalue weighted by molar-refractivity contribution is 4.90. The van der Waals surface area contributed by atoms with Gasteiger partial charge in [0.05, 0.1) is 6.10 Å². The fourth-order valence-electron chi connectivity index (χ4n) is 1.70. The van der Waals surface area contributed by atoms with Crippen molar-refractivity contribution in [2.75, 3.05) is 0 Å². The van der Waals surface area contributed by atoms with Crippen molar-refractivity contribution < 1.29 is 5.11 Å². The lowest BCUT2D eigenvalue weighted by atomic mass is 9.64. The van der Waals surface area contributed by atoms with Gasteiger partial charge in [0.25, 0.3) is 0 Å². The standard InChI is InChI=1S/C8H16O/c1-3-8(7(2)9)5-4-6-8/h7,9H,3-6H2,1-2H3/t7-/m0/s1. The first-order valence-electron chi connectivity index (χ1n) is 3.89. The molecular formula is C8H16O. The maximum Gasteiger partial charge on any atom is 0.0568 e. The Morgan fingerprint density at radius 3 is 2.11 bits per heavy atom. The second-order valence-electron chi connectivity index (χ2n) is 3.25. The fourth-order valence-corrected chi connectivity index (χ4v) is 1.70. The van der Waals surface area contributed by atoms with Crippen LogP contribution in [0.1, 0.15) is 39.5 Å². The molecule has 0 bridgehead atoms. The Morgan fingerprint density at radius 1 is 1.56 bits per heavy atom. The zero-order valence-corrected chi connectivity index (χ0v) is 6.35. The van der Waals surface area contributed by atoms with Gasteiger partial charge in [-0.15, -0.1) is 0 Å². The fraction of sp³-hybridized carbons (Fsp3) is 1.00. The minimum Gasteiger partial charge on any atom is -0.393 e. The molecule has 0 amide bonds. The van der Waals surface area contributed by atoms with Crippen LogP contribution in [0.25, 0.3) is 0 Å². The highest BCUT2D eigenvalue weighted by atomic mass is 16.3. The number of rotatable bonds is 2. The van der Waals surface area contributed by atoms with Crippen LogP contribution in [0, 0.1) is 5.41 Å². The van der Waals surface area contributed by atoms with Crippen LogP contribution in [0.2, 0.25) is 0 Å². The summed E-state index contributed by atoms with van der Waals surface area (Å²) in [4.78, 5) is 0. The molecule has 1 aliphatic carbocycles. The van der Waals surface area contributed by atoms with Crippen molar-refractivity contribution in [2.24, 2.45) is 5.41 Å². The van der Waals surface area contributed by atoms with E-state index in [0.29, 0.717) is 5.41 Å². The van der Waals surface area contributed by atoms with Crippen molar-refractivity contribution in [1.29, 1.82) is 0 Å². The van der Waals surface area contributed by atoms with Crippen molar-refractivity contribution in [3.63, 3.8) is 0 Å². The lowest BCUT2D eigenvalue weighted by molar-refractivity contribution is -0.0259. The topological polar surface area (TPSA) is 20.2 Å². The van der Waals surface area contributed by atoms with Crippen LogP contribution in [0.4, 0.5) is 0 Å². The molecule has 1 heteroatoms. The van der Waals surface area contributed by atoms with Gasteiger partial charge in [-0.3, -0.25) is 0 Å². The Bertz CT molecular complexity index is 87.2. The molecule has 0 spiro atoms. The molecule has 0 aromatic heterocycles. The SMILES string of the molecule is CCC1([C@H](C)O)CCC1. The van der Waals surface area contributed by atoms with Crippen LogP contribution >= 0.6 is 0 Å². The van der Waals surface area contributed by atoms with Gasteiger partial charge in [0.1, 0.15) is 0 Å². The predicted molar refractivity (Wildman–Crippen MR) is 38.3 cm³/mol. The highest BCUT2D eigenvalue weighted by Crippen LogP contribution is 2.46. The smallest absolute Gasteiger partial charge is 0.0568 e. The molecule has 0 saturated heterocycles. The van der Waals surface area contributed by atoms with Gasteiger partial charge in [-0.05, 0) is 31.6 Å². The first-order chi connectivity index (χ1) is 4.21. The molecule has 1 aliphatic rings. The van der Waals surface area contributed by atoms with E-state index in [-0.39, 0.29) is 6.10 Å². The summed E-state index contributed by atoms with van der Waals surface area (Å²) < 4.78 is 0. The van der Waals surface area contributed by atoms with Gasteiger partial charge in [0.15, 0.2) is 0 Å². The number of aliphatic hydroxyl groups is 1. The molecule has 0 aliphatic heterocycles. The summed E-state index contributed by atoms with van der Waals surface area (Å²) in [5, 5.41) is 9.32. The molecule has 1 nitrogen and oxygen atoms in total. The maximum atomic E-state index is 9.32. The average molecular weight is 128 g/mol. The first-order valence-corrected chi connectivity index (χ1v) is 3.89. The molecule has 54 valence electrons. The van der Waals surface area contributed by atoms with E-state index in [2.05, 4.69) is 6.92 Å². The first kappa shape index (κ1) is 7.07.